The summed E-state index contributed by atoms with van der Waals surface area (Å²) in [6.45, 7) is 1.66. The Morgan fingerprint density at radius 2 is 1.68 bits per heavy atom. The summed E-state index contributed by atoms with van der Waals surface area (Å²) in [6, 6.07) is 4.46. The van der Waals surface area contributed by atoms with Crippen LogP contribution in [0.3, 0.4) is 0 Å². The van der Waals surface area contributed by atoms with E-state index < -0.39 is 35.4 Å². The molecule has 1 unspecified atom stereocenters. The Labute approximate surface area is 142 Å². The van der Waals surface area contributed by atoms with E-state index >= 15 is 0 Å². The van der Waals surface area contributed by atoms with Crippen LogP contribution < -0.4 is 4.74 Å². The minimum atomic E-state index is -0.840. The van der Waals surface area contributed by atoms with Gasteiger partial charge in [-0.25, -0.2) is 4.79 Å². The Morgan fingerprint density at radius 3 is 2.32 bits per heavy atom. The van der Waals surface area contributed by atoms with Crippen LogP contribution in [0, 0.1) is 0 Å². The summed E-state index contributed by atoms with van der Waals surface area (Å²) in [5.74, 6) is -2.90. The second-order valence-electron chi connectivity index (χ2n) is 5.78. The van der Waals surface area contributed by atoms with Crippen LogP contribution in [0.15, 0.2) is 24.3 Å². The number of carbonyl (C=O) groups excluding carboxylic acids is 1. The second-order valence-corrected chi connectivity index (χ2v) is 5.78. The Morgan fingerprint density at radius 1 is 1.04 bits per heavy atom. The third-order valence-corrected chi connectivity index (χ3v) is 3.98. The summed E-state index contributed by atoms with van der Waals surface area (Å²) in [4.78, 5) is 12.2. The molecule has 2 aromatic rings. The lowest BCUT2D eigenvalue weighted by Gasteiger charge is -2.31. The van der Waals surface area contributed by atoms with Gasteiger partial charge in [0.05, 0.1) is 5.56 Å². The first-order chi connectivity index (χ1) is 11.8. The molecule has 132 valence electrons. The molecule has 0 saturated heterocycles. The number of benzene rings is 2. The highest BCUT2D eigenvalue weighted by atomic mass is 16.6. The molecule has 2 aromatic carbocycles. The molecule has 0 aliphatic carbocycles. The zero-order chi connectivity index (χ0) is 18.3. The largest absolute Gasteiger partial charge is 0.508 e. The number of ether oxygens (including phenoxy) is 2. The lowest BCUT2D eigenvalue weighted by Crippen LogP contribution is -2.38. The molecule has 0 aromatic heterocycles. The van der Waals surface area contributed by atoms with Gasteiger partial charge < -0.3 is 35.0 Å². The van der Waals surface area contributed by atoms with Crippen LogP contribution in [0.2, 0.25) is 0 Å². The van der Waals surface area contributed by atoms with Gasteiger partial charge in [0.2, 0.25) is 0 Å². The highest BCUT2D eigenvalue weighted by molar-refractivity contribution is 5.91. The fourth-order valence-corrected chi connectivity index (χ4v) is 2.64. The van der Waals surface area contributed by atoms with Crippen LogP contribution in [0.1, 0.15) is 22.8 Å². The average molecular weight is 348 g/mol. The molecule has 0 spiro atoms. The van der Waals surface area contributed by atoms with Crippen molar-refractivity contribution in [1.29, 1.82) is 0 Å². The van der Waals surface area contributed by atoms with Crippen molar-refractivity contribution in [3.05, 3.63) is 35.4 Å². The SMILES string of the molecule is C[C@@H]1Oc2cc(O)cc(O)c2CC1OC(=O)c1cc(O)c(O)c(O)c1. The monoisotopic (exact) mass is 348 g/mol. The summed E-state index contributed by atoms with van der Waals surface area (Å²) in [7, 11) is 0. The molecule has 0 saturated carbocycles. The van der Waals surface area contributed by atoms with E-state index in [0.717, 1.165) is 18.2 Å². The van der Waals surface area contributed by atoms with Crippen molar-refractivity contribution < 1.29 is 39.8 Å². The first-order valence-corrected chi connectivity index (χ1v) is 7.43. The molecule has 1 aliphatic rings. The molecule has 25 heavy (non-hydrogen) atoms. The van der Waals surface area contributed by atoms with E-state index in [4.69, 9.17) is 9.47 Å². The molecule has 0 radical (unpaired) electrons. The molecule has 0 fully saturated rings. The van der Waals surface area contributed by atoms with E-state index in [9.17, 15) is 30.3 Å². The highest BCUT2D eigenvalue weighted by Gasteiger charge is 2.32. The van der Waals surface area contributed by atoms with Crippen LogP contribution in [-0.2, 0) is 11.2 Å². The highest BCUT2D eigenvalue weighted by Crippen LogP contribution is 2.39. The zero-order valence-electron chi connectivity index (χ0n) is 13.1. The topological polar surface area (TPSA) is 137 Å². The van der Waals surface area contributed by atoms with E-state index in [1.807, 2.05) is 0 Å². The number of aromatic hydroxyl groups is 5. The summed E-state index contributed by atoms with van der Waals surface area (Å²) in [6.07, 6.45) is -1.14. The van der Waals surface area contributed by atoms with Gasteiger partial charge in [-0.1, -0.05) is 0 Å². The van der Waals surface area contributed by atoms with E-state index in [1.54, 1.807) is 6.92 Å². The predicted octanol–water partition coefficient (Wildman–Crippen LogP) is 1.76. The molecule has 3 rings (SSSR count). The van der Waals surface area contributed by atoms with Gasteiger partial charge in [0.15, 0.2) is 17.2 Å². The number of hydrogen-bond acceptors (Lipinski definition) is 8. The Balaban J connectivity index is 1.82. The van der Waals surface area contributed by atoms with Crippen molar-refractivity contribution in [3.63, 3.8) is 0 Å². The molecule has 0 bridgehead atoms. The molecule has 5 N–H and O–H groups in total. The zero-order valence-corrected chi connectivity index (χ0v) is 13.1. The van der Waals surface area contributed by atoms with Crippen molar-refractivity contribution in [2.75, 3.05) is 0 Å². The van der Waals surface area contributed by atoms with Crippen molar-refractivity contribution in [2.24, 2.45) is 0 Å². The number of esters is 1. The third kappa shape index (κ3) is 3.06. The van der Waals surface area contributed by atoms with E-state index in [-0.39, 0.29) is 23.5 Å². The normalized spacial score (nSPS) is 18.9. The van der Waals surface area contributed by atoms with E-state index in [1.165, 1.54) is 6.07 Å². The molecule has 0 amide bonds. The molecule has 1 aliphatic heterocycles. The third-order valence-electron chi connectivity index (χ3n) is 3.98. The van der Waals surface area contributed by atoms with Crippen molar-refractivity contribution in [3.8, 4) is 34.5 Å². The van der Waals surface area contributed by atoms with Gasteiger partial charge in [-0.3, -0.25) is 0 Å². The van der Waals surface area contributed by atoms with Gasteiger partial charge in [0, 0.05) is 24.1 Å². The van der Waals surface area contributed by atoms with Gasteiger partial charge in [0.1, 0.15) is 29.5 Å². The lowest BCUT2D eigenvalue weighted by atomic mass is 9.98. The first kappa shape index (κ1) is 16.6. The number of phenolic OH excluding ortho intramolecular Hbond substituents is 5. The number of rotatable bonds is 2. The second kappa shape index (κ2) is 5.97. The quantitative estimate of drug-likeness (QED) is 0.409. The van der Waals surface area contributed by atoms with E-state index in [0.29, 0.717) is 11.3 Å². The minimum Gasteiger partial charge on any atom is -0.508 e. The molecule has 2 atom stereocenters. The Hall–Kier alpha value is -3.29. The molecule has 8 nitrogen and oxygen atoms in total. The number of phenols is 5. The molecular formula is C17H16O8. The summed E-state index contributed by atoms with van der Waals surface area (Å²) in [5, 5.41) is 47.7. The maximum absolute atomic E-state index is 12.2. The fraction of sp³-hybridized carbons (Fsp3) is 0.235. The first-order valence-electron chi connectivity index (χ1n) is 7.43. The minimum absolute atomic E-state index is 0.145. The van der Waals surface area contributed by atoms with Crippen molar-refractivity contribution in [2.45, 2.75) is 25.6 Å². The van der Waals surface area contributed by atoms with Crippen LogP contribution in [0.5, 0.6) is 34.5 Å². The summed E-state index contributed by atoms with van der Waals surface area (Å²) >= 11 is 0. The van der Waals surface area contributed by atoms with Crippen molar-refractivity contribution in [1.82, 2.24) is 0 Å². The number of carbonyl (C=O) groups is 1. The molecule has 8 heteroatoms. The van der Waals surface area contributed by atoms with Gasteiger partial charge >= 0.3 is 5.97 Å². The molecular weight excluding hydrogens is 332 g/mol. The van der Waals surface area contributed by atoms with E-state index in [2.05, 4.69) is 0 Å². The lowest BCUT2D eigenvalue weighted by molar-refractivity contribution is -0.0121. The predicted molar refractivity (Wildman–Crippen MR) is 84.2 cm³/mol. The number of hydrogen-bond donors (Lipinski definition) is 5. The Kier molecular flexibility index (Phi) is 3.96. The van der Waals surface area contributed by atoms with Gasteiger partial charge in [-0.15, -0.1) is 0 Å². The standard InChI is InChI=1S/C17H16O8/c1-7-14(6-10-11(19)4-9(18)5-15(10)24-7)25-17(23)8-2-12(20)16(22)13(21)3-8/h2-5,7,14,18-22H,6H2,1H3/t7-,14?/m0/s1. The summed E-state index contributed by atoms with van der Waals surface area (Å²) < 4.78 is 10.9. The van der Waals surface area contributed by atoms with Crippen LogP contribution in [-0.4, -0.2) is 43.7 Å². The van der Waals surface area contributed by atoms with Crippen LogP contribution in [0.4, 0.5) is 0 Å². The molecule has 1 heterocycles. The smallest absolute Gasteiger partial charge is 0.338 e. The Bertz CT molecular complexity index is 822. The maximum Gasteiger partial charge on any atom is 0.338 e. The summed E-state index contributed by atoms with van der Waals surface area (Å²) in [5.41, 5.74) is 0.242. The van der Waals surface area contributed by atoms with Gasteiger partial charge in [0.25, 0.3) is 0 Å². The number of fused-ring (bicyclic) bond motifs is 1. The van der Waals surface area contributed by atoms with Crippen LogP contribution >= 0.6 is 0 Å². The van der Waals surface area contributed by atoms with Gasteiger partial charge in [-0.05, 0) is 19.1 Å². The fourth-order valence-electron chi connectivity index (χ4n) is 2.64. The van der Waals surface area contributed by atoms with Crippen LogP contribution in [0.25, 0.3) is 0 Å². The van der Waals surface area contributed by atoms with Gasteiger partial charge in [-0.2, -0.15) is 0 Å². The average Bonchev–Trinajstić information content (AvgIpc) is 2.53. The van der Waals surface area contributed by atoms with Crippen molar-refractivity contribution >= 4 is 5.97 Å². The maximum atomic E-state index is 12.2.